The first kappa shape index (κ1) is 23.8. The fraction of sp³-hybridized carbons (Fsp3) is 0.308. The summed E-state index contributed by atoms with van der Waals surface area (Å²) in [6, 6.07) is 11.4. The van der Waals surface area contributed by atoms with Crippen molar-refractivity contribution >= 4 is 28.8 Å². The number of nitrogens with one attached hydrogen (secondary N) is 1. The zero-order valence-corrected chi connectivity index (χ0v) is 20.6. The third kappa shape index (κ3) is 4.92. The molecule has 0 radical (unpaired) electrons. The normalized spacial score (nSPS) is 17.2. The number of rotatable bonds is 7. The lowest BCUT2D eigenvalue weighted by atomic mass is 9.90. The molecule has 1 atom stereocenters. The predicted molar refractivity (Wildman–Crippen MR) is 134 cm³/mol. The molecule has 0 saturated carbocycles. The largest absolute Gasteiger partial charge is 0.463 e. The Balaban J connectivity index is 1.64. The Morgan fingerprint density at radius 2 is 2.00 bits per heavy atom. The van der Waals surface area contributed by atoms with Crippen LogP contribution < -0.4 is 5.32 Å². The molecule has 0 spiro atoms. The number of aromatic nitrogens is 1. The minimum Gasteiger partial charge on any atom is -0.463 e. The predicted octanol–water partition coefficient (Wildman–Crippen LogP) is 4.54. The molecule has 176 valence electrons. The minimum absolute atomic E-state index is 0.123. The van der Waals surface area contributed by atoms with Crippen molar-refractivity contribution in [2.45, 2.75) is 46.7 Å². The maximum Gasteiger partial charge on any atom is 0.338 e. The van der Waals surface area contributed by atoms with Crippen LogP contribution in [0.15, 0.2) is 70.0 Å². The summed E-state index contributed by atoms with van der Waals surface area (Å²) in [4.78, 5) is 36.8. The van der Waals surface area contributed by atoms with E-state index in [9.17, 15) is 9.59 Å². The van der Waals surface area contributed by atoms with Gasteiger partial charge < -0.3 is 15.0 Å². The van der Waals surface area contributed by atoms with E-state index < -0.39 is 6.04 Å². The number of fused-ring (bicyclic) bond motifs is 1. The SMILES string of the molecule is CCOC(=O)C1=C(C)N=C2SC=C(CC(=O)NCc3ccccn3)N2C1c1ccc(C)cc1C. The first-order valence-corrected chi connectivity index (χ1v) is 12.1. The second-order valence-corrected chi connectivity index (χ2v) is 9.08. The Hall–Kier alpha value is -3.39. The molecule has 1 aromatic heterocycles. The van der Waals surface area contributed by atoms with Crippen LogP contribution in [0.25, 0.3) is 0 Å². The number of aryl methyl sites for hydroxylation is 2. The number of amides is 1. The summed E-state index contributed by atoms with van der Waals surface area (Å²) < 4.78 is 5.41. The van der Waals surface area contributed by atoms with Gasteiger partial charge in [-0.25, -0.2) is 9.79 Å². The topological polar surface area (TPSA) is 83.9 Å². The van der Waals surface area contributed by atoms with Crippen molar-refractivity contribution < 1.29 is 14.3 Å². The zero-order chi connectivity index (χ0) is 24.2. The Kier molecular flexibility index (Phi) is 7.17. The van der Waals surface area contributed by atoms with Gasteiger partial charge in [0.15, 0.2) is 5.17 Å². The molecule has 0 saturated heterocycles. The zero-order valence-electron chi connectivity index (χ0n) is 19.8. The van der Waals surface area contributed by atoms with Crippen molar-refractivity contribution in [2.24, 2.45) is 4.99 Å². The first-order chi connectivity index (χ1) is 16.4. The van der Waals surface area contributed by atoms with Crippen molar-refractivity contribution in [3.63, 3.8) is 0 Å². The van der Waals surface area contributed by atoms with E-state index in [-0.39, 0.29) is 24.9 Å². The van der Waals surface area contributed by atoms with E-state index in [4.69, 9.17) is 9.73 Å². The van der Waals surface area contributed by atoms with Crippen LogP contribution in [0.5, 0.6) is 0 Å². The highest BCUT2D eigenvalue weighted by atomic mass is 32.2. The molecule has 4 rings (SSSR count). The number of carbonyl (C=O) groups is 2. The van der Waals surface area contributed by atoms with E-state index in [1.807, 2.05) is 61.4 Å². The van der Waals surface area contributed by atoms with Gasteiger partial charge in [-0.3, -0.25) is 9.78 Å². The summed E-state index contributed by atoms with van der Waals surface area (Å²) in [5, 5.41) is 5.63. The maximum absolute atomic E-state index is 13.1. The molecule has 2 aromatic rings. The molecule has 1 unspecified atom stereocenters. The van der Waals surface area contributed by atoms with E-state index >= 15 is 0 Å². The summed E-state index contributed by atoms with van der Waals surface area (Å²) in [6.45, 7) is 8.35. The summed E-state index contributed by atoms with van der Waals surface area (Å²) in [5.74, 6) is -0.509. The average molecular weight is 477 g/mol. The van der Waals surface area contributed by atoms with Gasteiger partial charge in [-0.05, 0) is 56.4 Å². The van der Waals surface area contributed by atoms with Gasteiger partial charge in [0.05, 0.1) is 42.6 Å². The molecule has 1 N–H and O–H groups in total. The Labute approximate surface area is 204 Å². The van der Waals surface area contributed by atoms with Gasteiger partial charge >= 0.3 is 5.97 Å². The number of hydrogen-bond donors (Lipinski definition) is 1. The number of pyridine rings is 1. The van der Waals surface area contributed by atoms with Crippen LogP contribution in [0.4, 0.5) is 0 Å². The van der Waals surface area contributed by atoms with Crippen molar-refractivity contribution in [1.82, 2.24) is 15.2 Å². The van der Waals surface area contributed by atoms with Gasteiger partial charge in [0, 0.05) is 11.9 Å². The second kappa shape index (κ2) is 10.3. The van der Waals surface area contributed by atoms with Crippen LogP contribution in [0.3, 0.4) is 0 Å². The van der Waals surface area contributed by atoms with Crippen LogP contribution in [-0.4, -0.2) is 33.5 Å². The molecule has 1 aromatic carbocycles. The van der Waals surface area contributed by atoms with E-state index in [2.05, 4.69) is 16.4 Å². The summed E-state index contributed by atoms with van der Waals surface area (Å²) in [5.41, 5.74) is 5.92. The van der Waals surface area contributed by atoms with Gasteiger partial charge in [0.2, 0.25) is 5.91 Å². The number of aliphatic imine (C=N–C) groups is 1. The summed E-state index contributed by atoms with van der Waals surface area (Å²) in [6.07, 6.45) is 1.86. The molecule has 0 aliphatic carbocycles. The van der Waals surface area contributed by atoms with E-state index in [0.29, 0.717) is 17.8 Å². The molecule has 0 bridgehead atoms. The number of carbonyl (C=O) groups excluding carboxylic acids is 2. The highest BCUT2D eigenvalue weighted by molar-refractivity contribution is 8.16. The lowest BCUT2D eigenvalue weighted by Crippen LogP contribution is -2.38. The standard InChI is InChI=1S/C26H28N4O3S/c1-5-33-25(32)23-18(4)29-26-30(24(23)21-10-9-16(2)12-17(21)3)20(15-34-26)13-22(31)28-14-19-8-6-7-11-27-19/h6-12,15,24H,5,13-14H2,1-4H3,(H,28,31). The number of allylic oxidation sites excluding steroid dienone is 1. The Morgan fingerprint density at radius 3 is 2.71 bits per heavy atom. The van der Waals surface area contributed by atoms with Crippen LogP contribution in [0.2, 0.25) is 0 Å². The fourth-order valence-corrected chi connectivity index (χ4v) is 5.15. The van der Waals surface area contributed by atoms with E-state index in [1.165, 1.54) is 11.8 Å². The molecule has 34 heavy (non-hydrogen) atoms. The van der Waals surface area contributed by atoms with E-state index in [1.54, 1.807) is 13.1 Å². The molecule has 7 nitrogen and oxygen atoms in total. The number of ether oxygens (including phenoxy) is 1. The van der Waals surface area contributed by atoms with Gasteiger partial charge in [0.25, 0.3) is 0 Å². The van der Waals surface area contributed by atoms with Crippen LogP contribution in [0, 0.1) is 13.8 Å². The quantitative estimate of drug-likeness (QED) is 0.591. The third-order valence-corrected chi connectivity index (χ3v) is 6.64. The second-order valence-electron chi connectivity index (χ2n) is 8.25. The molecule has 8 heteroatoms. The average Bonchev–Trinajstić information content (AvgIpc) is 3.19. The molecule has 2 aliphatic heterocycles. The van der Waals surface area contributed by atoms with Crippen molar-refractivity contribution in [3.8, 4) is 0 Å². The van der Waals surface area contributed by atoms with Gasteiger partial charge in [-0.1, -0.05) is 41.6 Å². The first-order valence-electron chi connectivity index (χ1n) is 11.2. The lowest BCUT2D eigenvalue weighted by molar-refractivity contribution is -0.139. The molecule has 0 fully saturated rings. The van der Waals surface area contributed by atoms with Crippen LogP contribution in [-0.2, 0) is 20.9 Å². The lowest BCUT2D eigenvalue weighted by Gasteiger charge is -2.37. The smallest absolute Gasteiger partial charge is 0.338 e. The van der Waals surface area contributed by atoms with Crippen molar-refractivity contribution in [3.05, 3.63) is 87.4 Å². The van der Waals surface area contributed by atoms with Crippen LogP contribution >= 0.6 is 11.8 Å². The number of esters is 1. The summed E-state index contributed by atoms with van der Waals surface area (Å²) >= 11 is 1.46. The fourth-order valence-electron chi connectivity index (χ4n) is 4.19. The number of nitrogens with zero attached hydrogens (tertiary/aromatic N) is 3. The van der Waals surface area contributed by atoms with E-state index in [0.717, 1.165) is 33.2 Å². The van der Waals surface area contributed by atoms with Crippen molar-refractivity contribution in [2.75, 3.05) is 6.61 Å². The van der Waals surface area contributed by atoms with Crippen molar-refractivity contribution in [1.29, 1.82) is 0 Å². The van der Waals surface area contributed by atoms with Gasteiger partial charge in [-0.15, -0.1) is 0 Å². The molecular formula is C26H28N4O3S. The third-order valence-electron chi connectivity index (χ3n) is 5.75. The minimum atomic E-state index is -0.419. The molecule has 3 heterocycles. The monoisotopic (exact) mass is 476 g/mol. The maximum atomic E-state index is 13.1. The number of hydrogen-bond acceptors (Lipinski definition) is 7. The highest BCUT2D eigenvalue weighted by Crippen LogP contribution is 2.45. The molecule has 2 aliphatic rings. The van der Waals surface area contributed by atoms with Gasteiger partial charge in [0.1, 0.15) is 0 Å². The molecular weight excluding hydrogens is 448 g/mol. The Morgan fingerprint density at radius 1 is 1.18 bits per heavy atom. The highest BCUT2D eigenvalue weighted by Gasteiger charge is 2.41. The number of amidine groups is 1. The number of benzene rings is 1. The van der Waals surface area contributed by atoms with Crippen LogP contribution in [0.1, 0.15) is 48.7 Å². The Bertz CT molecular complexity index is 1200. The van der Waals surface area contributed by atoms with Gasteiger partial charge in [-0.2, -0.15) is 0 Å². The molecule has 1 amide bonds. The number of thioether (sulfide) groups is 1. The summed E-state index contributed by atoms with van der Waals surface area (Å²) in [7, 11) is 0.